The van der Waals surface area contributed by atoms with Crippen molar-refractivity contribution in [3.63, 3.8) is 0 Å². The van der Waals surface area contributed by atoms with Crippen molar-refractivity contribution in [3.05, 3.63) is 217 Å². The molecular formula is C64H48N2O2. The lowest BCUT2D eigenvalue weighted by molar-refractivity contribution is 0.633. The predicted molar refractivity (Wildman–Crippen MR) is 289 cm³/mol. The highest BCUT2D eigenvalue weighted by Crippen LogP contribution is 2.50. The molecule has 0 aliphatic heterocycles. The first-order valence-corrected chi connectivity index (χ1v) is 23.8. The quantitative estimate of drug-likeness (QED) is 0.152. The second kappa shape index (κ2) is 15.6. The Morgan fingerprint density at radius 2 is 0.662 bits per heavy atom. The number of anilines is 6. The second-order valence-electron chi connectivity index (χ2n) is 18.9. The molecule has 0 bridgehead atoms. The Morgan fingerprint density at radius 1 is 0.309 bits per heavy atom. The summed E-state index contributed by atoms with van der Waals surface area (Å²) in [6, 6.07) is 75.1. The first-order chi connectivity index (χ1) is 33.4. The van der Waals surface area contributed by atoms with E-state index in [2.05, 4.69) is 244 Å². The Hall–Kier alpha value is -8.34. The molecule has 0 aliphatic carbocycles. The van der Waals surface area contributed by atoms with Crippen LogP contribution in [0.25, 0.3) is 87.0 Å². The summed E-state index contributed by atoms with van der Waals surface area (Å²) in [4.78, 5) is 4.77. The monoisotopic (exact) mass is 876 g/mol. The van der Waals surface area contributed by atoms with E-state index in [0.717, 1.165) is 99.5 Å². The van der Waals surface area contributed by atoms with Gasteiger partial charge >= 0.3 is 0 Å². The molecule has 0 fully saturated rings. The van der Waals surface area contributed by atoms with Gasteiger partial charge in [-0.2, -0.15) is 0 Å². The third kappa shape index (κ3) is 6.36. The fourth-order valence-corrected chi connectivity index (χ4v) is 10.6. The van der Waals surface area contributed by atoms with Crippen molar-refractivity contribution in [1.29, 1.82) is 0 Å². The highest BCUT2D eigenvalue weighted by Gasteiger charge is 2.25. The summed E-state index contributed by atoms with van der Waals surface area (Å²) < 4.78 is 14.3. The molecule has 13 aromatic rings. The lowest BCUT2D eigenvalue weighted by atomic mass is 9.98. The molecule has 2 aromatic heterocycles. The van der Waals surface area contributed by atoms with Gasteiger partial charge in [0.15, 0.2) is 11.2 Å². The zero-order valence-corrected chi connectivity index (χ0v) is 38.5. The molecule has 0 unspecified atom stereocenters. The average molecular weight is 877 g/mol. The summed E-state index contributed by atoms with van der Waals surface area (Å²) in [6.07, 6.45) is 0. The van der Waals surface area contributed by atoms with E-state index < -0.39 is 0 Å². The fraction of sp³-hybridized carbons (Fsp3) is 0.0938. The summed E-state index contributed by atoms with van der Waals surface area (Å²) in [7, 11) is 0. The molecule has 0 atom stereocenters. The highest BCUT2D eigenvalue weighted by molar-refractivity contribution is 6.30. The van der Waals surface area contributed by atoms with Gasteiger partial charge in [-0.25, -0.2) is 0 Å². The molecule has 326 valence electrons. The lowest BCUT2D eigenvalue weighted by Crippen LogP contribution is -2.10. The molecule has 0 saturated heterocycles. The van der Waals surface area contributed by atoms with Crippen LogP contribution in [0.4, 0.5) is 34.1 Å². The summed E-state index contributed by atoms with van der Waals surface area (Å²) in [5.41, 5.74) is 12.2. The fourth-order valence-electron chi connectivity index (χ4n) is 10.6. The summed E-state index contributed by atoms with van der Waals surface area (Å²) in [6.45, 7) is 8.97. The minimum absolute atomic E-state index is 0.427. The normalized spacial score (nSPS) is 12.1. The predicted octanol–water partition coefficient (Wildman–Crippen LogP) is 19.3. The molecule has 0 amide bonds. The minimum Gasteiger partial charge on any atom is -0.452 e. The van der Waals surface area contributed by atoms with Gasteiger partial charge in [0.25, 0.3) is 0 Å². The molecular weight excluding hydrogens is 829 g/mol. The standard InChI is InChI=1S/C64H48N2O2/c1-39(2)41-21-27-47(28-22-41)65(49-31-25-43-13-5-7-15-45(43)35-49)57-37-59-61(53-19-11-9-17-51(53)57)55-33-34-56-62-54-20-12-10-18-52(54)58(38-60(62)68-64(56)63(55)67-59)66(48-29-23-42(24-30-48)40(3)4)50-32-26-44-14-6-8-16-46(44)36-50/h5-40H,1-4H3. The van der Waals surface area contributed by atoms with Gasteiger partial charge in [0, 0.05) is 67.2 Å². The Morgan fingerprint density at radius 3 is 1.06 bits per heavy atom. The molecule has 4 heteroatoms. The number of nitrogens with zero attached hydrogens (tertiary/aromatic N) is 2. The largest absolute Gasteiger partial charge is 0.452 e. The minimum atomic E-state index is 0.427. The Balaban J connectivity index is 1.04. The third-order valence-electron chi connectivity index (χ3n) is 14.1. The maximum absolute atomic E-state index is 7.16. The van der Waals surface area contributed by atoms with Crippen molar-refractivity contribution in [2.24, 2.45) is 0 Å². The van der Waals surface area contributed by atoms with Gasteiger partial charge in [-0.05, 0) is 116 Å². The molecule has 0 saturated carbocycles. The van der Waals surface area contributed by atoms with E-state index in [-0.39, 0.29) is 0 Å². The number of hydrogen-bond donors (Lipinski definition) is 0. The number of rotatable bonds is 8. The zero-order chi connectivity index (χ0) is 45.6. The number of benzene rings is 11. The SMILES string of the molecule is CC(C)c1ccc(N(c2ccc3ccccc3c2)c2cc3oc4c(ccc5c4oc4cc(N(c6ccc(C(C)C)cc6)c6ccc7ccccc7c6)c6ccccc6c45)c3c3ccccc23)cc1. The van der Waals surface area contributed by atoms with Crippen molar-refractivity contribution in [1.82, 2.24) is 0 Å². The van der Waals surface area contributed by atoms with Crippen LogP contribution in [-0.2, 0) is 0 Å². The van der Waals surface area contributed by atoms with Crippen LogP contribution in [0.5, 0.6) is 0 Å². The lowest BCUT2D eigenvalue weighted by Gasteiger charge is -2.27. The van der Waals surface area contributed by atoms with Gasteiger partial charge in [0.2, 0.25) is 0 Å². The molecule has 2 heterocycles. The van der Waals surface area contributed by atoms with E-state index in [4.69, 9.17) is 8.83 Å². The molecule has 0 radical (unpaired) electrons. The van der Waals surface area contributed by atoms with Crippen molar-refractivity contribution >= 4 is 121 Å². The van der Waals surface area contributed by atoms with Gasteiger partial charge in [0.1, 0.15) is 11.2 Å². The summed E-state index contributed by atoms with van der Waals surface area (Å²) in [5.74, 6) is 0.854. The van der Waals surface area contributed by atoms with Gasteiger partial charge in [-0.3, -0.25) is 0 Å². The zero-order valence-electron chi connectivity index (χ0n) is 38.5. The van der Waals surface area contributed by atoms with Crippen LogP contribution in [-0.4, -0.2) is 0 Å². The van der Waals surface area contributed by atoms with Gasteiger partial charge < -0.3 is 18.6 Å². The maximum atomic E-state index is 7.16. The molecule has 0 spiro atoms. The highest BCUT2D eigenvalue weighted by atomic mass is 16.4. The van der Waals surface area contributed by atoms with Crippen LogP contribution in [0.1, 0.15) is 50.7 Å². The van der Waals surface area contributed by atoms with E-state index in [1.165, 1.54) is 32.7 Å². The summed E-state index contributed by atoms with van der Waals surface area (Å²) in [5, 5.41) is 13.5. The van der Waals surface area contributed by atoms with Crippen molar-refractivity contribution in [2.45, 2.75) is 39.5 Å². The Kier molecular flexibility index (Phi) is 9.20. The second-order valence-corrected chi connectivity index (χ2v) is 18.9. The smallest absolute Gasteiger partial charge is 0.178 e. The van der Waals surface area contributed by atoms with E-state index in [0.29, 0.717) is 11.8 Å². The van der Waals surface area contributed by atoms with Crippen LogP contribution in [0.15, 0.2) is 215 Å². The Bertz CT molecular complexity index is 3830. The summed E-state index contributed by atoms with van der Waals surface area (Å²) >= 11 is 0. The number of hydrogen-bond acceptors (Lipinski definition) is 4. The first-order valence-electron chi connectivity index (χ1n) is 23.8. The van der Waals surface area contributed by atoms with Gasteiger partial charge in [-0.15, -0.1) is 0 Å². The van der Waals surface area contributed by atoms with Gasteiger partial charge in [-0.1, -0.05) is 161 Å². The van der Waals surface area contributed by atoms with Crippen molar-refractivity contribution in [2.75, 3.05) is 9.80 Å². The maximum Gasteiger partial charge on any atom is 0.178 e. The van der Waals surface area contributed by atoms with E-state index >= 15 is 0 Å². The van der Waals surface area contributed by atoms with Crippen LogP contribution in [0.3, 0.4) is 0 Å². The first kappa shape index (κ1) is 40.0. The number of fused-ring (bicyclic) bond motifs is 13. The topological polar surface area (TPSA) is 32.8 Å². The average Bonchev–Trinajstić information content (AvgIpc) is 3.96. The third-order valence-corrected chi connectivity index (χ3v) is 14.1. The van der Waals surface area contributed by atoms with Crippen LogP contribution in [0, 0.1) is 0 Å². The van der Waals surface area contributed by atoms with Crippen molar-refractivity contribution in [3.8, 4) is 0 Å². The molecule has 11 aromatic carbocycles. The molecule has 4 nitrogen and oxygen atoms in total. The van der Waals surface area contributed by atoms with E-state index in [1.54, 1.807) is 0 Å². The molecule has 13 rings (SSSR count). The molecule has 0 aliphatic rings. The van der Waals surface area contributed by atoms with Crippen LogP contribution >= 0.6 is 0 Å². The number of furan rings is 2. The Labute approximate surface area is 394 Å². The van der Waals surface area contributed by atoms with Gasteiger partial charge in [0.05, 0.1) is 11.4 Å². The van der Waals surface area contributed by atoms with Crippen LogP contribution in [0.2, 0.25) is 0 Å². The van der Waals surface area contributed by atoms with Crippen molar-refractivity contribution < 1.29 is 8.83 Å². The molecule has 0 N–H and O–H groups in total. The molecule has 68 heavy (non-hydrogen) atoms. The van der Waals surface area contributed by atoms with E-state index in [1.807, 2.05) is 0 Å². The van der Waals surface area contributed by atoms with E-state index in [9.17, 15) is 0 Å². The van der Waals surface area contributed by atoms with Crippen LogP contribution < -0.4 is 9.80 Å².